The predicted molar refractivity (Wildman–Crippen MR) is 104 cm³/mol. The maximum absolute atomic E-state index is 9.57. The molecule has 0 unspecified atom stereocenters. The summed E-state index contributed by atoms with van der Waals surface area (Å²) in [7, 11) is 1.65. The first-order valence-corrected chi connectivity index (χ1v) is 9.22. The first-order chi connectivity index (χ1) is 12.2. The third-order valence-electron chi connectivity index (χ3n) is 4.38. The largest absolute Gasteiger partial charge is 0.493 e. The minimum absolute atomic E-state index is 0.256. The number of methoxy groups -OCH3 is 1. The lowest BCUT2D eigenvalue weighted by Gasteiger charge is -2.16. The molecule has 2 aromatic carbocycles. The first-order valence-electron chi connectivity index (χ1n) is 8.42. The summed E-state index contributed by atoms with van der Waals surface area (Å²) in [6.07, 6.45) is 6.74. The number of halogens is 1. The summed E-state index contributed by atoms with van der Waals surface area (Å²) in [5.41, 5.74) is 2.39. The second kappa shape index (κ2) is 8.22. The topological polar surface area (TPSA) is 42.2 Å². The van der Waals surface area contributed by atoms with Gasteiger partial charge in [-0.25, -0.2) is 0 Å². The third kappa shape index (κ3) is 4.24. The molecule has 4 heteroatoms. The number of rotatable bonds is 5. The average Bonchev–Trinajstić information content (AvgIpc) is 3.14. The summed E-state index contributed by atoms with van der Waals surface area (Å²) in [6.45, 7) is 0. The lowest BCUT2D eigenvalue weighted by Crippen LogP contribution is -2.11. The molecule has 3 nitrogen and oxygen atoms in total. The highest BCUT2D eigenvalue weighted by molar-refractivity contribution is 9.10. The van der Waals surface area contributed by atoms with E-state index in [1.165, 1.54) is 12.8 Å². The van der Waals surface area contributed by atoms with Crippen molar-refractivity contribution in [2.75, 3.05) is 7.11 Å². The molecule has 0 atom stereocenters. The van der Waals surface area contributed by atoms with Crippen molar-refractivity contribution in [1.29, 1.82) is 5.26 Å². The number of nitrogens with zero attached hydrogens (tertiary/aromatic N) is 1. The van der Waals surface area contributed by atoms with Gasteiger partial charge in [-0.2, -0.15) is 5.26 Å². The Bertz CT molecular complexity index is 817. The number of ether oxygens (including phenoxy) is 2. The van der Waals surface area contributed by atoms with Crippen LogP contribution in [0.15, 0.2) is 46.9 Å². The van der Waals surface area contributed by atoms with Gasteiger partial charge < -0.3 is 9.47 Å². The molecule has 2 aromatic rings. The Morgan fingerprint density at radius 2 is 1.92 bits per heavy atom. The highest BCUT2D eigenvalue weighted by atomic mass is 79.9. The summed E-state index contributed by atoms with van der Waals surface area (Å²) >= 11 is 3.51. The predicted octanol–water partition coefficient (Wildman–Crippen LogP) is 5.84. The Labute approximate surface area is 157 Å². The lowest BCUT2D eigenvalue weighted by molar-refractivity contribution is 0.201. The van der Waals surface area contributed by atoms with Crippen LogP contribution in [-0.4, -0.2) is 13.2 Å². The van der Waals surface area contributed by atoms with E-state index in [0.717, 1.165) is 39.9 Å². The number of hydrogen-bond donors (Lipinski definition) is 0. The molecule has 0 spiro atoms. The fourth-order valence-corrected chi connectivity index (χ4v) is 3.58. The van der Waals surface area contributed by atoms with Crippen LogP contribution in [0.2, 0.25) is 0 Å². The van der Waals surface area contributed by atoms with Crippen LogP contribution in [0.1, 0.15) is 36.8 Å². The van der Waals surface area contributed by atoms with E-state index in [1.54, 1.807) is 7.11 Å². The SMILES string of the molecule is COc1ccc(C=C(C#N)c2ccccc2Br)cc1OC1CCCC1. The summed E-state index contributed by atoms with van der Waals surface area (Å²) in [5.74, 6) is 1.47. The molecule has 128 valence electrons. The molecule has 25 heavy (non-hydrogen) atoms. The highest BCUT2D eigenvalue weighted by Crippen LogP contribution is 2.34. The van der Waals surface area contributed by atoms with Crippen molar-refractivity contribution in [1.82, 2.24) is 0 Å². The molecule has 0 amide bonds. The zero-order valence-electron chi connectivity index (χ0n) is 14.2. The summed E-state index contributed by atoms with van der Waals surface area (Å²) in [4.78, 5) is 0. The van der Waals surface area contributed by atoms with Crippen LogP contribution >= 0.6 is 15.9 Å². The van der Waals surface area contributed by atoms with Gasteiger partial charge in [0.15, 0.2) is 11.5 Å². The summed E-state index contributed by atoms with van der Waals surface area (Å²) < 4.78 is 12.5. The minimum atomic E-state index is 0.256. The van der Waals surface area contributed by atoms with Crippen LogP contribution in [-0.2, 0) is 0 Å². The molecule has 0 saturated heterocycles. The molecule has 1 aliphatic carbocycles. The van der Waals surface area contributed by atoms with E-state index in [2.05, 4.69) is 22.0 Å². The van der Waals surface area contributed by atoms with E-state index < -0.39 is 0 Å². The van der Waals surface area contributed by atoms with E-state index in [0.29, 0.717) is 5.57 Å². The Kier molecular flexibility index (Phi) is 5.78. The number of allylic oxidation sites excluding steroid dienone is 1. The second-order valence-electron chi connectivity index (χ2n) is 6.08. The maximum atomic E-state index is 9.57. The molecule has 0 bridgehead atoms. The van der Waals surface area contributed by atoms with Crippen molar-refractivity contribution in [3.05, 3.63) is 58.1 Å². The van der Waals surface area contributed by atoms with Crippen molar-refractivity contribution in [2.45, 2.75) is 31.8 Å². The third-order valence-corrected chi connectivity index (χ3v) is 5.07. The minimum Gasteiger partial charge on any atom is -0.493 e. The molecular weight excluding hydrogens is 378 g/mol. The maximum Gasteiger partial charge on any atom is 0.162 e. The van der Waals surface area contributed by atoms with Crippen LogP contribution in [0.25, 0.3) is 11.6 Å². The van der Waals surface area contributed by atoms with Crippen molar-refractivity contribution in [3.8, 4) is 17.6 Å². The van der Waals surface area contributed by atoms with Gasteiger partial charge in [-0.1, -0.05) is 40.2 Å². The van der Waals surface area contributed by atoms with E-state index in [4.69, 9.17) is 9.47 Å². The van der Waals surface area contributed by atoms with Crippen LogP contribution < -0.4 is 9.47 Å². The molecule has 3 rings (SSSR count). The molecule has 0 N–H and O–H groups in total. The van der Waals surface area contributed by atoms with Gasteiger partial charge >= 0.3 is 0 Å². The molecule has 1 aliphatic rings. The van der Waals surface area contributed by atoms with E-state index in [1.807, 2.05) is 48.5 Å². The Morgan fingerprint density at radius 3 is 2.60 bits per heavy atom. The smallest absolute Gasteiger partial charge is 0.162 e. The van der Waals surface area contributed by atoms with Gasteiger partial charge in [0.25, 0.3) is 0 Å². The lowest BCUT2D eigenvalue weighted by atomic mass is 10.0. The van der Waals surface area contributed by atoms with Gasteiger partial charge in [-0.05, 0) is 55.5 Å². The molecule has 1 saturated carbocycles. The summed E-state index contributed by atoms with van der Waals surface area (Å²) in [5, 5.41) is 9.57. The van der Waals surface area contributed by atoms with E-state index in [-0.39, 0.29) is 6.10 Å². The van der Waals surface area contributed by atoms with Gasteiger partial charge in [0.1, 0.15) is 0 Å². The molecule has 0 aromatic heterocycles. The molecule has 0 heterocycles. The molecular formula is C21H20BrNO2. The fraction of sp³-hybridized carbons (Fsp3) is 0.286. The monoisotopic (exact) mass is 397 g/mol. The van der Waals surface area contributed by atoms with Crippen LogP contribution in [0, 0.1) is 11.3 Å². The van der Waals surface area contributed by atoms with Gasteiger partial charge in [-0.3, -0.25) is 0 Å². The van der Waals surface area contributed by atoms with Gasteiger partial charge in [-0.15, -0.1) is 0 Å². The fourth-order valence-electron chi connectivity index (χ4n) is 3.08. The van der Waals surface area contributed by atoms with Crippen molar-refractivity contribution < 1.29 is 9.47 Å². The molecule has 1 fully saturated rings. The van der Waals surface area contributed by atoms with E-state index >= 15 is 0 Å². The van der Waals surface area contributed by atoms with Crippen molar-refractivity contribution in [2.24, 2.45) is 0 Å². The number of nitriles is 1. The van der Waals surface area contributed by atoms with Crippen LogP contribution in [0.5, 0.6) is 11.5 Å². The molecule has 0 aliphatic heterocycles. The van der Waals surface area contributed by atoms with E-state index in [9.17, 15) is 5.26 Å². The summed E-state index contributed by atoms with van der Waals surface area (Å²) in [6, 6.07) is 15.8. The van der Waals surface area contributed by atoms with Crippen LogP contribution in [0.4, 0.5) is 0 Å². The van der Waals surface area contributed by atoms with Crippen molar-refractivity contribution in [3.63, 3.8) is 0 Å². The Morgan fingerprint density at radius 1 is 1.16 bits per heavy atom. The quantitative estimate of drug-likeness (QED) is 0.469. The normalized spacial score (nSPS) is 15.0. The van der Waals surface area contributed by atoms with Crippen LogP contribution in [0.3, 0.4) is 0 Å². The standard InChI is InChI=1S/C21H20BrNO2/c1-24-20-11-10-15(13-21(20)25-17-6-2-3-7-17)12-16(14-23)18-8-4-5-9-19(18)22/h4-5,8-13,17H,2-3,6-7H2,1H3. The highest BCUT2D eigenvalue weighted by Gasteiger charge is 2.18. The number of hydrogen-bond acceptors (Lipinski definition) is 3. The zero-order chi connectivity index (χ0) is 17.6. The average molecular weight is 398 g/mol. The second-order valence-corrected chi connectivity index (χ2v) is 6.94. The number of benzene rings is 2. The zero-order valence-corrected chi connectivity index (χ0v) is 15.8. The Balaban J connectivity index is 1.93. The molecule has 0 radical (unpaired) electrons. The van der Waals surface area contributed by atoms with Gasteiger partial charge in [0.05, 0.1) is 24.9 Å². The first kappa shape index (κ1) is 17.6. The van der Waals surface area contributed by atoms with Crippen molar-refractivity contribution >= 4 is 27.6 Å². The van der Waals surface area contributed by atoms with Gasteiger partial charge in [0, 0.05) is 10.0 Å². The Hall–Kier alpha value is -2.25. The van der Waals surface area contributed by atoms with Gasteiger partial charge in [0.2, 0.25) is 0 Å².